The number of rotatable bonds is 4. The van der Waals surface area contributed by atoms with Crippen LogP contribution in [0.1, 0.15) is 39.0 Å². The number of anilines is 1. The Bertz CT molecular complexity index is 403. The molecule has 0 aromatic heterocycles. The maximum absolute atomic E-state index is 13.7. The fourth-order valence-electron chi connectivity index (χ4n) is 2.66. The predicted molar refractivity (Wildman–Crippen MR) is 82.1 cm³/mol. The van der Waals surface area contributed by atoms with Gasteiger partial charge in [-0.05, 0) is 50.9 Å². The smallest absolute Gasteiger partial charge is 0.147 e. The minimum atomic E-state index is -0.199. The van der Waals surface area contributed by atoms with Crippen LogP contribution < -0.4 is 10.6 Å². The van der Waals surface area contributed by atoms with E-state index >= 15 is 0 Å². The summed E-state index contributed by atoms with van der Waals surface area (Å²) in [4.78, 5) is 0. The summed E-state index contributed by atoms with van der Waals surface area (Å²) in [6, 6.07) is 5.98. The molecule has 0 spiro atoms. The first-order chi connectivity index (χ1) is 9.15. The van der Waals surface area contributed by atoms with Gasteiger partial charge in [-0.2, -0.15) is 0 Å². The molecular formula is C15H22BrFN2. The summed E-state index contributed by atoms with van der Waals surface area (Å²) in [5.74, 6) is -0.199. The third-order valence-electron chi connectivity index (χ3n) is 3.63. The average Bonchev–Trinajstić information content (AvgIpc) is 2.61. The Morgan fingerprint density at radius 3 is 3.05 bits per heavy atom. The number of hydrogen-bond donors (Lipinski definition) is 2. The van der Waals surface area contributed by atoms with Crippen LogP contribution in [0.15, 0.2) is 22.7 Å². The number of hydrogen-bond acceptors (Lipinski definition) is 2. The Labute approximate surface area is 123 Å². The van der Waals surface area contributed by atoms with Gasteiger partial charge in [-0.1, -0.05) is 28.8 Å². The molecule has 1 saturated heterocycles. The third-order valence-corrected chi connectivity index (χ3v) is 4.13. The van der Waals surface area contributed by atoms with Crippen molar-refractivity contribution in [2.75, 3.05) is 11.9 Å². The van der Waals surface area contributed by atoms with Gasteiger partial charge in [0.15, 0.2) is 0 Å². The highest BCUT2D eigenvalue weighted by Gasteiger charge is 2.15. The van der Waals surface area contributed by atoms with E-state index in [4.69, 9.17) is 0 Å². The van der Waals surface area contributed by atoms with Crippen LogP contribution in [0, 0.1) is 5.82 Å². The van der Waals surface area contributed by atoms with Crippen LogP contribution in [0.2, 0.25) is 0 Å². The van der Waals surface area contributed by atoms with Crippen LogP contribution in [0.3, 0.4) is 0 Å². The largest absolute Gasteiger partial charge is 0.380 e. The first kappa shape index (κ1) is 14.8. The molecule has 0 saturated carbocycles. The molecule has 19 heavy (non-hydrogen) atoms. The molecule has 106 valence electrons. The Morgan fingerprint density at radius 1 is 1.42 bits per heavy atom. The molecule has 2 unspecified atom stereocenters. The van der Waals surface area contributed by atoms with Gasteiger partial charge >= 0.3 is 0 Å². The molecule has 1 fully saturated rings. The topological polar surface area (TPSA) is 24.1 Å². The molecule has 1 aromatic carbocycles. The number of nitrogens with one attached hydrogen (secondary N) is 2. The maximum Gasteiger partial charge on any atom is 0.147 e. The normalized spacial score (nSPS) is 21.7. The molecule has 2 rings (SSSR count). The summed E-state index contributed by atoms with van der Waals surface area (Å²) >= 11 is 3.27. The summed E-state index contributed by atoms with van der Waals surface area (Å²) in [6.07, 6.45) is 6.17. The average molecular weight is 329 g/mol. The maximum atomic E-state index is 13.7. The van der Waals surface area contributed by atoms with Gasteiger partial charge in [-0.15, -0.1) is 0 Å². The highest BCUT2D eigenvalue weighted by Crippen LogP contribution is 2.21. The van der Waals surface area contributed by atoms with E-state index in [2.05, 4.69) is 33.5 Å². The third kappa shape index (κ3) is 4.77. The number of benzene rings is 1. The van der Waals surface area contributed by atoms with E-state index < -0.39 is 0 Å². The Kier molecular flexibility index (Phi) is 5.64. The van der Waals surface area contributed by atoms with Crippen LogP contribution in [-0.4, -0.2) is 18.6 Å². The second kappa shape index (κ2) is 7.25. The zero-order chi connectivity index (χ0) is 13.7. The van der Waals surface area contributed by atoms with Gasteiger partial charge in [0, 0.05) is 16.6 Å². The first-order valence-corrected chi connectivity index (χ1v) is 7.89. The molecule has 0 aliphatic carbocycles. The highest BCUT2D eigenvalue weighted by molar-refractivity contribution is 9.10. The Balaban J connectivity index is 1.87. The van der Waals surface area contributed by atoms with E-state index in [0.717, 1.165) is 17.4 Å². The van der Waals surface area contributed by atoms with E-state index in [1.54, 1.807) is 6.07 Å². The summed E-state index contributed by atoms with van der Waals surface area (Å²) in [5, 5.41) is 6.85. The fraction of sp³-hybridized carbons (Fsp3) is 0.600. The van der Waals surface area contributed by atoms with Crippen molar-refractivity contribution in [1.29, 1.82) is 0 Å². The van der Waals surface area contributed by atoms with Crippen molar-refractivity contribution in [3.05, 3.63) is 28.5 Å². The first-order valence-electron chi connectivity index (χ1n) is 7.10. The molecule has 1 heterocycles. The van der Waals surface area contributed by atoms with Crippen molar-refractivity contribution >= 4 is 21.6 Å². The van der Waals surface area contributed by atoms with Crippen LogP contribution in [0.4, 0.5) is 10.1 Å². The van der Waals surface area contributed by atoms with Crippen molar-refractivity contribution < 1.29 is 4.39 Å². The molecule has 1 aliphatic rings. The van der Waals surface area contributed by atoms with Crippen molar-refractivity contribution in [1.82, 2.24) is 5.32 Å². The predicted octanol–water partition coefficient (Wildman–Crippen LogP) is 4.31. The van der Waals surface area contributed by atoms with E-state index in [1.165, 1.54) is 31.7 Å². The minimum Gasteiger partial charge on any atom is -0.380 e. The highest BCUT2D eigenvalue weighted by atomic mass is 79.9. The lowest BCUT2D eigenvalue weighted by atomic mass is 10.0. The fourth-order valence-corrected chi connectivity index (χ4v) is 2.99. The van der Waals surface area contributed by atoms with Gasteiger partial charge in [0.05, 0.1) is 5.69 Å². The standard InChI is InChI=1S/C15H22BrFN2/c1-11(9-13-5-3-2-4-8-18-13)19-15-7-6-12(16)10-14(15)17/h6-7,10-11,13,18-19H,2-5,8-9H2,1H3. The lowest BCUT2D eigenvalue weighted by Gasteiger charge is -2.22. The molecule has 0 radical (unpaired) electrons. The van der Waals surface area contributed by atoms with Crippen molar-refractivity contribution in [3.8, 4) is 0 Å². The van der Waals surface area contributed by atoms with E-state index in [-0.39, 0.29) is 11.9 Å². The monoisotopic (exact) mass is 328 g/mol. The molecule has 0 bridgehead atoms. The van der Waals surface area contributed by atoms with Gasteiger partial charge in [-0.25, -0.2) is 4.39 Å². The zero-order valence-corrected chi connectivity index (χ0v) is 13.0. The van der Waals surface area contributed by atoms with Crippen LogP contribution >= 0.6 is 15.9 Å². The zero-order valence-electron chi connectivity index (χ0n) is 11.4. The summed E-state index contributed by atoms with van der Waals surface area (Å²) in [7, 11) is 0. The van der Waals surface area contributed by atoms with Crippen molar-refractivity contribution in [2.45, 2.75) is 51.1 Å². The van der Waals surface area contributed by atoms with Crippen LogP contribution in [0.5, 0.6) is 0 Å². The SMILES string of the molecule is CC(CC1CCCCCN1)Nc1ccc(Br)cc1F. The summed E-state index contributed by atoms with van der Waals surface area (Å²) in [6.45, 7) is 3.23. The Hall–Kier alpha value is -0.610. The van der Waals surface area contributed by atoms with Gasteiger partial charge in [0.1, 0.15) is 5.82 Å². The molecule has 2 atom stereocenters. The van der Waals surface area contributed by atoms with Crippen LogP contribution in [-0.2, 0) is 0 Å². The summed E-state index contributed by atoms with van der Waals surface area (Å²) < 4.78 is 14.5. The second-order valence-electron chi connectivity index (χ2n) is 5.41. The molecule has 1 aliphatic heterocycles. The van der Waals surface area contributed by atoms with Gasteiger partial charge < -0.3 is 10.6 Å². The molecular weight excluding hydrogens is 307 g/mol. The second-order valence-corrected chi connectivity index (χ2v) is 6.32. The molecule has 4 heteroatoms. The molecule has 0 amide bonds. The minimum absolute atomic E-state index is 0.199. The quantitative estimate of drug-likeness (QED) is 0.860. The van der Waals surface area contributed by atoms with Crippen molar-refractivity contribution in [2.24, 2.45) is 0 Å². The van der Waals surface area contributed by atoms with E-state index in [9.17, 15) is 4.39 Å². The van der Waals surface area contributed by atoms with Crippen LogP contribution in [0.25, 0.3) is 0 Å². The molecule has 1 aromatic rings. The summed E-state index contributed by atoms with van der Waals surface area (Å²) in [5.41, 5.74) is 0.587. The van der Waals surface area contributed by atoms with Crippen molar-refractivity contribution in [3.63, 3.8) is 0 Å². The van der Waals surface area contributed by atoms with Gasteiger partial charge in [0.25, 0.3) is 0 Å². The number of halogens is 2. The lowest BCUT2D eigenvalue weighted by Crippen LogP contribution is -2.33. The Morgan fingerprint density at radius 2 is 2.26 bits per heavy atom. The molecule has 2 N–H and O–H groups in total. The van der Waals surface area contributed by atoms with Gasteiger partial charge in [0.2, 0.25) is 0 Å². The van der Waals surface area contributed by atoms with Gasteiger partial charge in [-0.3, -0.25) is 0 Å². The molecule has 2 nitrogen and oxygen atoms in total. The lowest BCUT2D eigenvalue weighted by molar-refractivity contribution is 0.455. The van der Waals surface area contributed by atoms with E-state index in [1.807, 2.05) is 6.07 Å². The van der Waals surface area contributed by atoms with E-state index in [0.29, 0.717) is 11.7 Å².